The molecule has 67 heavy (non-hydrogen) atoms. The largest absolute Gasteiger partial charge is 0.310 e. The van der Waals surface area contributed by atoms with Crippen molar-refractivity contribution in [3.63, 3.8) is 0 Å². The minimum Gasteiger partial charge on any atom is -0.310 e. The van der Waals surface area contributed by atoms with Gasteiger partial charge in [0.1, 0.15) is 0 Å². The first kappa shape index (κ1) is 40.1. The molecule has 0 spiro atoms. The van der Waals surface area contributed by atoms with Gasteiger partial charge < -0.3 is 9.80 Å². The molecule has 12 rings (SSSR count). The van der Waals surface area contributed by atoms with E-state index in [1.165, 1.54) is 77.2 Å². The van der Waals surface area contributed by atoms with Crippen LogP contribution in [0.4, 0.5) is 34.1 Å². The van der Waals surface area contributed by atoms with Crippen molar-refractivity contribution in [1.82, 2.24) is 0 Å². The molecule has 0 saturated heterocycles. The molecule has 0 unspecified atom stereocenters. The highest BCUT2D eigenvalue weighted by Crippen LogP contribution is 2.51. The second kappa shape index (κ2) is 16.5. The second-order valence-electron chi connectivity index (χ2n) is 18.1. The number of benzene rings is 11. The first-order valence-electron chi connectivity index (χ1n) is 23.3. The lowest BCUT2D eigenvalue weighted by Gasteiger charge is -2.29. The fourth-order valence-corrected chi connectivity index (χ4v) is 10.5. The van der Waals surface area contributed by atoms with Crippen LogP contribution in [0.5, 0.6) is 0 Å². The molecular weight excluding hydrogens is 809 g/mol. The van der Waals surface area contributed by atoms with Gasteiger partial charge in [-0.05, 0) is 127 Å². The number of fused-ring (bicyclic) bond motifs is 5. The zero-order valence-corrected chi connectivity index (χ0v) is 37.6. The van der Waals surface area contributed by atoms with E-state index in [9.17, 15) is 0 Å². The predicted octanol–water partition coefficient (Wildman–Crippen LogP) is 18.2. The van der Waals surface area contributed by atoms with E-state index in [-0.39, 0.29) is 5.41 Å². The summed E-state index contributed by atoms with van der Waals surface area (Å²) < 4.78 is 0. The highest BCUT2D eigenvalue weighted by molar-refractivity contribution is 6.07. The highest BCUT2D eigenvalue weighted by Gasteiger charge is 2.36. The lowest BCUT2D eigenvalue weighted by atomic mass is 9.82. The van der Waals surface area contributed by atoms with Crippen molar-refractivity contribution in [3.8, 4) is 44.5 Å². The van der Waals surface area contributed by atoms with Gasteiger partial charge in [-0.25, -0.2) is 0 Å². The molecule has 0 fully saturated rings. The molecule has 0 radical (unpaired) electrons. The summed E-state index contributed by atoms with van der Waals surface area (Å²) in [7, 11) is 0. The molecule has 0 heterocycles. The molecule has 1 aliphatic rings. The van der Waals surface area contributed by atoms with Crippen molar-refractivity contribution >= 4 is 55.7 Å². The summed E-state index contributed by atoms with van der Waals surface area (Å²) in [4.78, 5) is 4.85. The van der Waals surface area contributed by atoms with Crippen LogP contribution >= 0.6 is 0 Å². The average molecular weight is 857 g/mol. The van der Waals surface area contributed by atoms with Crippen LogP contribution in [0, 0.1) is 0 Å². The molecule has 0 saturated carbocycles. The number of nitrogens with zero attached hydrogens (tertiary/aromatic N) is 2. The maximum Gasteiger partial charge on any atom is 0.0540 e. The standard InChI is InChI=1S/C65H48N2/c1-65(2)61-29-14-13-27-58(61)59-40-39-54(44-62(59)65)67(63-30-16-22-48-21-9-10-25-56(48)63)52-37-33-49(34-38-52)55-41-42-64(60-28-12-11-26-57(55)60)66(51-35-31-47(32-36-51)45-17-5-3-6-18-45)53-24-15-23-50(43-53)46-19-7-4-8-20-46/h3-44H,1-2H3. The Morgan fingerprint density at radius 3 is 1.48 bits per heavy atom. The SMILES string of the molecule is CC1(C)c2ccccc2-c2ccc(N(c3ccc(-c4ccc(N(c5ccc(-c6ccccc6)cc5)c5cccc(-c6ccccc6)c5)c5ccccc45)cc3)c3cccc4ccccc34)cc21. The molecule has 1 aliphatic carbocycles. The van der Waals surface area contributed by atoms with Crippen LogP contribution in [0.3, 0.4) is 0 Å². The van der Waals surface area contributed by atoms with E-state index >= 15 is 0 Å². The monoisotopic (exact) mass is 856 g/mol. The van der Waals surface area contributed by atoms with Gasteiger partial charge in [0.25, 0.3) is 0 Å². The van der Waals surface area contributed by atoms with Crippen molar-refractivity contribution in [1.29, 1.82) is 0 Å². The van der Waals surface area contributed by atoms with Crippen molar-refractivity contribution in [3.05, 3.63) is 266 Å². The summed E-state index contributed by atoms with van der Waals surface area (Å²) in [5.74, 6) is 0. The Hall–Kier alpha value is -8.46. The lowest BCUT2D eigenvalue weighted by molar-refractivity contribution is 0.660. The van der Waals surface area contributed by atoms with Gasteiger partial charge in [0.05, 0.1) is 11.4 Å². The van der Waals surface area contributed by atoms with Gasteiger partial charge in [0, 0.05) is 38.9 Å². The molecule has 2 nitrogen and oxygen atoms in total. The van der Waals surface area contributed by atoms with Crippen molar-refractivity contribution in [2.45, 2.75) is 19.3 Å². The summed E-state index contributed by atoms with van der Waals surface area (Å²) in [6.45, 7) is 4.72. The first-order chi connectivity index (χ1) is 33.0. The zero-order chi connectivity index (χ0) is 44.9. The maximum absolute atomic E-state index is 2.44. The van der Waals surface area contributed by atoms with Gasteiger partial charge in [0.2, 0.25) is 0 Å². The van der Waals surface area contributed by atoms with Gasteiger partial charge in [-0.1, -0.05) is 208 Å². The fraction of sp³-hybridized carbons (Fsp3) is 0.0462. The molecule has 0 bridgehead atoms. The Labute approximate surface area is 393 Å². The van der Waals surface area contributed by atoms with E-state index in [4.69, 9.17) is 0 Å². The van der Waals surface area contributed by atoms with E-state index in [2.05, 4.69) is 278 Å². The average Bonchev–Trinajstić information content (AvgIpc) is 3.62. The van der Waals surface area contributed by atoms with E-state index in [1.807, 2.05) is 0 Å². The summed E-state index contributed by atoms with van der Waals surface area (Å²) in [6.07, 6.45) is 0. The Bertz CT molecular complexity index is 3590. The first-order valence-corrected chi connectivity index (χ1v) is 23.3. The lowest BCUT2D eigenvalue weighted by Crippen LogP contribution is -2.16. The Balaban J connectivity index is 0.970. The normalized spacial score (nSPS) is 12.4. The highest BCUT2D eigenvalue weighted by atomic mass is 15.1. The van der Waals surface area contributed by atoms with Crippen LogP contribution in [-0.4, -0.2) is 0 Å². The molecule has 0 aliphatic heterocycles. The van der Waals surface area contributed by atoms with Crippen molar-refractivity contribution < 1.29 is 0 Å². The minimum absolute atomic E-state index is 0.116. The molecule has 0 atom stereocenters. The molecule has 11 aromatic rings. The molecule has 11 aromatic carbocycles. The minimum atomic E-state index is -0.116. The summed E-state index contributed by atoms with van der Waals surface area (Å²) in [5, 5.41) is 4.81. The van der Waals surface area contributed by atoms with Crippen LogP contribution < -0.4 is 9.80 Å². The molecule has 0 aromatic heterocycles. The summed E-state index contributed by atoms with van der Waals surface area (Å²) in [6, 6.07) is 93.1. The Morgan fingerprint density at radius 2 is 0.746 bits per heavy atom. The third-order valence-electron chi connectivity index (χ3n) is 13.9. The van der Waals surface area contributed by atoms with Crippen LogP contribution in [-0.2, 0) is 5.41 Å². The second-order valence-corrected chi connectivity index (χ2v) is 18.1. The van der Waals surface area contributed by atoms with Gasteiger partial charge in [-0.15, -0.1) is 0 Å². The van der Waals surface area contributed by atoms with Gasteiger partial charge in [0.15, 0.2) is 0 Å². The van der Waals surface area contributed by atoms with Gasteiger partial charge >= 0.3 is 0 Å². The van der Waals surface area contributed by atoms with Crippen LogP contribution in [0.1, 0.15) is 25.0 Å². The van der Waals surface area contributed by atoms with E-state index in [1.54, 1.807) is 0 Å². The van der Waals surface area contributed by atoms with E-state index < -0.39 is 0 Å². The number of rotatable bonds is 9. The molecule has 0 N–H and O–H groups in total. The van der Waals surface area contributed by atoms with E-state index in [0.29, 0.717) is 0 Å². The van der Waals surface area contributed by atoms with Crippen molar-refractivity contribution in [2.24, 2.45) is 0 Å². The number of hydrogen-bond acceptors (Lipinski definition) is 2. The third kappa shape index (κ3) is 7.06. The summed E-state index contributed by atoms with van der Waals surface area (Å²) >= 11 is 0. The Morgan fingerprint density at radius 1 is 0.269 bits per heavy atom. The smallest absolute Gasteiger partial charge is 0.0540 e. The topological polar surface area (TPSA) is 6.48 Å². The van der Waals surface area contributed by atoms with E-state index in [0.717, 1.165) is 34.1 Å². The number of hydrogen-bond donors (Lipinski definition) is 0. The van der Waals surface area contributed by atoms with Crippen molar-refractivity contribution in [2.75, 3.05) is 9.80 Å². The number of anilines is 6. The fourth-order valence-electron chi connectivity index (χ4n) is 10.5. The Kier molecular flexibility index (Phi) is 9.88. The van der Waals surface area contributed by atoms with Gasteiger partial charge in [-0.3, -0.25) is 0 Å². The summed E-state index contributed by atoms with van der Waals surface area (Å²) in [5.41, 5.74) is 19.1. The molecule has 2 heteroatoms. The van der Waals surface area contributed by atoms with Crippen LogP contribution in [0.15, 0.2) is 255 Å². The maximum atomic E-state index is 2.44. The molecule has 318 valence electrons. The predicted molar refractivity (Wildman–Crippen MR) is 285 cm³/mol. The van der Waals surface area contributed by atoms with Gasteiger partial charge in [-0.2, -0.15) is 0 Å². The molecule has 0 amide bonds. The van der Waals surface area contributed by atoms with Crippen LogP contribution in [0.25, 0.3) is 66.1 Å². The third-order valence-corrected chi connectivity index (χ3v) is 13.9. The quantitative estimate of drug-likeness (QED) is 0.143. The van der Waals surface area contributed by atoms with Crippen LogP contribution in [0.2, 0.25) is 0 Å². The molecular formula is C65H48N2. The zero-order valence-electron chi connectivity index (χ0n) is 37.6.